The Kier molecular flexibility index (Phi) is 3.95. The molecule has 0 saturated carbocycles. The van der Waals surface area contributed by atoms with Crippen molar-refractivity contribution in [1.29, 1.82) is 0 Å². The van der Waals surface area contributed by atoms with Crippen LogP contribution in [-0.4, -0.2) is 8.42 Å². The van der Waals surface area contributed by atoms with Gasteiger partial charge in [0.1, 0.15) is 0 Å². The van der Waals surface area contributed by atoms with Gasteiger partial charge in [-0.15, -0.1) is 0 Å². The summed E-state index contributed by atoms with van der Waals surface area (Å²) in [7, 11) is -3.62. The van der Waals surface area contributed by atoms with E-state index in [0.717, 1.165) is 11.1 Å². The fraction of sp³-hybridized carbons (Fsp3) is 0.125. The summed E-state index contributed by atoms with van der Waals surface area (Å²) in [5.74, 6) is 0. The largest absolute Gasteiger partial charge is 0.268 e. The highest BCUT2D eigenvalue weighted by atomic mass is 32.2. The molecule has 0 spiro atoms. The van der Waals surface area contributed by atoms with Gasteiger partial charge in [-0.25, -0.2) is 12.7 Å². The average molecular weight is 287 g/mol. The lowest BCUT2D eigenvalue weighted by Crippen LogP contribution is -2.25. The number of benzene rings is 2. The molecule has 0 aliphatic heterocycles. The second-order valence-electron chi connectivity index (χ2n) is 4.63. The van der Waals surface area contributed by atoms with Crippen molar-refractivity contribution in [2.45, 2.75) is 18.7 Å². The molecule has 0 aromatic heterocycles. The highest BCUT2D eigenvalue weighted by Gasteiger charge is 2.22. The number of hydrogen-bond donors (Lipinski definition) is 0. The van der Waals surface area contributed by atoms with Gasteiger partial charge in [-0.05, 0) is 38.1 Å². The topological polar surface area (TPSA) is 37.4 Å². The summed E-state index contributed by atoms with van der Waals surface area (Å²) in [5, 5.41) is 0. The Morgan fingerprint density at radius 2 is 1.35 bits per heavy atom. The van der Waals surface area contributed by atoms with Crippen LogP contribution in [0.3, 0.4) is 0 Å². The summed E-state index contributed by atoms with van der Waals surface area (Å²) in [4.78, 5) is 0.253. The van der Waals surface area contributed by atoms with Crippen LogP contribution in [0.1, 0.15) is 11.1 Å². The van der Waals surface area contributed by atoms with E-state index in [4.69, 9.17) is 0 Å². The van der Waals surface area contributed by atoms with Gasteiger partial charge >= 0.3 is 0 Å². The van der Waals surface area contributed by atoms with E-state index in [0.29, 0.717) is 5.69 Å². The van der Waals surface area contributed by atoms with Crippen LogP contribution in [0.25, 0.3) is 0 Å². The lowest BCUT2D eigenvalue weighted by atomic mass is 10.2. The van der Waals surface area contributed by atoms with Gasteiger partial charge in [0.15, 0.2) is 0 Å². The summed E-state index contributed by atoms with van der Waals surface area (Å²) in [6.07, 6.45) is 1.32. The van der Waals surface area contributed by atoms with Crippen LogP contribution in [0.5, 0.6) is 0 Å². The molecule has 20 heavy (non-hydrogen) atoms. The molecule has 2 aromatic rings. The van der Waals surface area contributed by atoms with Crippen LogP contribution < -0.4 is 4.31 Å². The van der Waals surface area contributed by atoms with E-state index in [2.05, 4.69) is 6.58 Å². The Morgan fingerprint density at radius 3 is 1.80 bits per heavy atom. The maximum absolute atomic E-state index is 12.6. The number of aryl methyl sites for hydroxylation is 2. The molecule has 0 unspecified atom stereocenters. The molecule has 104 valence electrons. The third-order valence-corrected chi connectivity index (χ3v) is 4.78. The van der Waals surface area contributed by atoms with Crippen molar-refractivity contribution in [2.75, 3.05) is 4.31 Å². The Bertz CT molecular complexity index is 701. The molecule has 0 saturated heterocycles. The molecule has 4 heteroatoms. The normalized spacial score (nSPS) is 11.1. The maximum atomic E-state index is 12.6. The van der Waals surface area contributed by atoms with Crippen molar-refractivity contribution in [1.82, 2.24) is 0 Å². The molecule has 0 N–H and O–H groups in total. The van der Waals surface area contributed by atoms with Gasteiger partial charge in [0.25, 0.3) is 10.0 Å². The Labute approximate surface area is 120 Å². The van der Waals surface area contributed by atoms with E-state index < -0.39 is 10.0 Å². The number of rotatable bonds is 4. The first-order valence-electron chi connectivity index (χ1n) is 6.25. The fourth-order valence-electron chi connectivity index (χ4n) is 1.86. The first-order chi connectivity index (χ1) is 9.45. The third-order valence-electron chi connectivity index (χ3n) is 3.03. The predicted octanol–water partition coefficient (Wildman–Crippen LogP) is 3.64. The first kappa shape index (κ1) is 14.3. The summed E-state index contributed by atoms with van der Waals surface area (Å²) < 4.78 is 26.4. The maximum Gasteiger partial charge on any atom is 0.268 e. The third kappa shape index (κ3) is 2.75. The quantitative estimate of drug-likeness (QED) is 0.861. The summed E-state index contributed by atoms with van der Waals surface area (Å²) >= 11 is 0. The second kappa shape index (κ2) is 5.51. The number of sulfonamides is 1. The molecule has 0 aliphatic carbocycles. The van der Waals surface area contributed by atoms with E-state index in [1.165, 1.54) is 10.5 Å². The van der Waals surface area contributed by atoms with Gasteiger partial charge < -0.3 is 0 Å². The molecular weight excluding hydrogens is 270 g/mol. The number of hydrogen-bond acceptors (Lipinski definition) is 2. The van der Waals surface area contributed by atoms with E-state index >= 15 is 0 Å². The average Bonchev–Trinajstić information content (AvgIpc) is 2.42. The Hall–Kier alpha value is -2.07. The van der Waals surface area contributed by atoms with E-state index in [1.807, 2.05) is 26.0 Å². The minimum absolute atomic E-state index is 0.253. The lowest BCUT2D eigenvalue weighted by Gasteiger charge is -2.20. The van der Waals surface area contributed by atoms with Crippen LogP contribution in [0.2, 0.25) is 0 Å². The second-order valence-corrected chi connectivity index (χ2v) is 6.45. The minimum Gasteiger partial charge on any atom is -0.242 e. The van der Waals surface area contributed by atoms with Gasteiger partial charge in [0, 0.05) is 6.20 Å². The van der Waals surface area contributed by atoms with E-state index in [-0.39, 0.29) is 4.90 Å². The zero-order chi connectivity index (χ0) is 14.8. The Morgan fingerprint density at radius 1 is 0.900 bits per heavy atom. The van der Waals surface area contributed by atoms with Crippen molar-refractivity contribution < 1.29 is 8.42 Å². The van der Waals surface area contributed by atoms with Gasteiger partial charge in [0.05, 0.1) is 10.6 Å². The smallest absolute Gasteiger partial charge is 0.242 e. The van der Waals surface area contributed by atoms with Crippen molar-refractivity contribution in [3.8, 4) is 0 Å². The van der Waals surface area contributed by atoms with Crippen LogP contribution in [0.4, 0.5) is 5.69 Å². The molecule has 2 aromatic carbocycles. The zero-order valence-corrected chi connectivity index (χ0v) is 12.4. The standard InChI is InChI=1S/C16H17NO2S/c1-4-17(15-9-5-13(2)6-10-15)20(18,19)16-11-7-14(3)8-12-16/h4-12H,1H2,2-3H3. The molecule has 0 bridgehead atoms. The fourth-order valence-corrected chi connectivity index (χ4v) is 3.16. The summed E-state index contributed by atoms with van der Waals surface area (Å²) in [6.45, 7) is 7.49. The van der Waals surface area contributed by atoms with Crippen LogP contribution in [0, 0.1) is 13.8 Å². The Balaban J connectivity index is 2.47. The molecule has 0 heterocycles. The van der Waals surface area contributed by atoms with Gasteiger partial charge in [0.2, 0.25) is 0 Å². The predicted molar refractivity (Wildman–Crippen MR) is 82.2 cm³/mol. The van der Waals surface area contributed by atoms with Crippen molar-refractivity contribution in [2.24, 2.45) is 0 Å². The SMILES string of the molecule is C=CN(c1ccc(C)cc1)S(=O)(=O)c1ccc(C)cc1. The molecule has 0 radical (unpaired) electrons. The van der Waals surface area contributed by atoms with Gasteiger partial charge in [-0.1, -0.05) is 42.0 Å². The molecule has 2 rings (SSSR count). The summed E-state index contributed by atoms with van der Waals surface area (Å²) in [6, 6.07) is 14.1. The van der Waals surface area contributed by atoms with Crippen LogP contribution >= 0.6 is 0 Å². The first-order valence-corrected chi connectivity index (χ1v) is 7.69. The van der Waals surface area contributed by atoms with E-state index in [9.17, 15) is 8.42 Å². The molecule has 0 atom stereocenters. The van der Waals surface area contributed by atoms with Crippen LogP contribution in [-0.2, 0) is 10.0 Å². The molecule has 3 nitrogen and oxygen atoms in total. The molecular formula is C16H17NO2S. The zero-order valence-electron chi connectivity index (χ0n) is 11.6. The summed E-state index contributed by atoms with van der Waals surface area (Å²) in [5.41, 5.74) is 2.67. The minimum atomic E-state index is -3.62. The van der Waals surface area contributed by atoms with Crippen molar-refractivity contribution in [3.05, 3.63) is 72.4 Å². The monoisotopic (exact) mass is 287 g/mol. The molecule has 0 amide bonds. The highest BCUT2D eigenvalue weighted by molar-refractivity contribution is 7.93. The molecule has 0 aliphatic rings. The van der Waals surface area contributed by atoms with Gasteiger partial charge in [-0.3, -0.25) is 0 Å². The van der Waals surface area contributed by atoms with Crippen LogP contribution in [0.15, 0.2) is 66.2 Å². The van der Waals surface area contributed by atoms with Crippen molar-refractivity contribution in [3.63, 3.8) is 0 Å². The highest BCUT2D eigenvalue weighted by Crippen LogP contribution is 2.24. The molecule has 0 fully saturated rings. The number of anilines is 1. The van der Waals surface area contributed by atoms with Crippen molar-refractivity contribution >= 4 is 15.7 Å². The number of nitrogens with zero attached hydrogens (tertiary/aromatic N) is 1. The lowest BCUT2D eigenvalue weighted by molar-refractivity contribution is 0.596. The van der Waals surface area contributed by atoms with E-state index in [1.54, 1.807) is 36.4 Å². The van der Waals surface area contributed by atoms with Gasteiger partial charge in [-0.2, -0.15) is 0 Å².